The van der Waals surface area contributed by atoms with Gasteiger partial charge in [-0.3, -0.25) is 14.4 Å². The van der Waals surface area contributed by atoms with Crippen molar-refractivity contribution in [2.24, 2.45) is 29.1 Å². The van der Waals surface area contributed by atoms with E-state index < -0.39 is 0 Å². The molecule has 1 spiro atoms. The molecule has 5 rings (SSSR count). The van der Waals surface area contributed by atoms with Crippen molar-refractivity contribution in [3.05, 3.63) is 44.5 Å². The molecular formula is C24H32ClN7O. The van der Waals surface area contributed by atoms with Crippen LogP contribution in [-0.4, -0.2) is 53.5 Å². The Morgan fingerprint density at radius 1 is 1.24 bits per heavy atom. The van der Waals surface area contributed by atoms with E-state index in [9.17, 15) is 4.79 Å². The zero-order chi connectivity index (χ0) is 23.5. The average Bonchev–Trinajstić information content (AvgIpc) is 3.34. The molecule has 0 unspecified atom stereocenters. The molecule has 0 aromatic carbocycles. The monoisotopic (exact) mass is 469 g/mol. The van der Waals surface area contributed by atoms with E-state index in [1.165, 1.54) is 12.8 Å². The summed E-state index contributed by atoms with van der Waals surface area (Å²) < 4.78 is 1.66. The Kier molecular flexibility index (Phi) is 5.48. The highest BCUT2D eigenvalue weighted by Crippen LogP contribution is 2.48. The third kappa shape index (κ3) is 3.46. The van der Waals surface area contributed by atoms with Crippen molar-refractivity contribution in [2.75, 3.05) is 37.0 Å². The molecule has 2 atom stereocenters. The van der Waals surface area contributed by atoms with Crippen LogP contribution in [0.2, 0.25) is 5.02 Å². The molecule has 176 valence electrons. The van der Waals surface area contributed by atoms with Crippen LogP contribution in [0.3, 0.4) is 0 Å². The van der Waals surface area contributed by atoms with Crippen LogP contribution < -0.4 is 21.1 Å². The molecule has 2 aromatic heterocycles. The minimum absolute atomic E-state index is 0.0861. The maximum Gasteiger partial charge on any atom is 0.264 e. The number of aliphatic imine (C=N–C) groups is 1. The number of pyridine rings is 1. The molecule has 1 saturated carbocycles. The van der Waals surface area contributed by atoms with Crippen LogP contribution in [0.4, 0.5) is 11.8 Å². The summed E-state index contributed by atoms with van der Waals surface area (Å²) in [4.78, 5) is 31.5. The summed E-state index contributed by atoms with van der Waals surface area (Å²) in [5.74, 6) is 1.95. The third-order valence-corrected chi connectivity index (χ3v) is 8.35. The van der Waals surface area contributed by atoms with Gasteiger partial charge in [-0.05, 0) is 43.1 Å². The predicted molar refractivity (Wildman–Crippen MR) is 133 cm³/mol. The zero-order valence-corrected chi connectivity index (χ0v) is 20.6. The average molecular weight is 470 g/mol. The summed E-state index contributed by atoms with van der Waals surface area (Å²) in [5, 5.41) is 0.490. The Labute approximate surface area is 199 Å². The predicted octanol–water partition coefficient (Wildman–Crippen LogP) is 2.59. The Balaban J connectivity index is 1.45. The maximum atomic E-state index is 13.5. The van der Waals surface area contributed by atoms with Crippen LogP contribution >= 0.6 is 11.6 Å². The minimum atomic E-state index is -0.0861. The fourth-order valence-corrected chi connectivity index (χ4v) is 6.22. The summed E-state index contributed by atoms with van der Waals surface area (Å²) in [6.45, 7) is 4.39. The third-order valence-electron chi connectivity index (χ3n) is 7.98. The second-order valence-electron chi connectivity index (χ2n) is 10.0. The van der Waals surface area contributed by atoms with Crippen LogP contribution in [0.25, 0.3) is 0 Å². The first kappa shape index (κ1) is 22.3. The minimum Gasteiger partial charge on any atom is -0.361 e. The largest absolute Gasteiger partial charge is 0.361 e. The number of nitrogens with zero attached hydrogens (tertiary/aromatic N) is 6. The van der Waals surface area contributed by atoms with Gasteiger partial charge in [-0.25, -0.2) is 9.97 Å². The Morgan fingerprint density at radius 3 is 2.61 bits per heavy atom. The van der Waals surface area contributed by atoms with Gasteiger partial charge < -0.3 is 15.5 Å². The Bertz CT molecular complexity index is 1180. The Morgan fingerprint density at radius 2 is 1.97 bits per heavy atom. The van der Waals surface area contributed by atoms with Gasteiger partial charge in [0.25, 0.3) is 5.56 Å². The number of aromatic nitrogens is 3. The number of anilines is 2. The number of rotatable bonds is 3. The first-order valence-corrected chi connectivity index (χ1v) is 12.1. The van der Waals surface area contributed by atoms with E-state index in [0.29, 0.717) is 45.8 Å². The van der Waals surface area contributed by atoms with Gasteiger partial charge in [-0.1, -0.05) is 18.5 Å². The fraction of sp³-hybridized carbons (Fsp3) is 0.583. The standard InChI is InChI=1S/C24H32ClN7O/c1-14-5-7-24(20(14)26)8-11-32(12-9-24)23-29-16-13-28-19(17(16)22(33)31(23)4)15-6-10-27-21(18(15)25)30(2)3/h6,10,14,20H,5,7-9,11-13,26H2,1-4H3/t14-,20-/m1/s1. The van der Waals surface area contributed by atoms with E-state index in [-0.39, 0.29) is 17.0 Å². The van der Waals surface area contributed by atoms with Crippen LogP contribution in [0.5, 0.6) is 0 Å². The highest BCUT2D eigenvalue weighted by molar-refractivity contribution is 6.37. The summed E-state index contributed by atoms with van der Waals surface area (Å²) >= 11 is 6.64. The van der Waals surface area contributed by atoms with Crippen molar-refractivity contribution >= 4 is 29.1 Å². The Hall–Kier alpha value is -2.45. The van der Waals surface area contributed by atoms with Gasteiger partial charge in [-0.2, -0.15) is 0 Å². The van der Waals surface area contributed by atoms with Crippen molar-refractivity contribution in [1.82, 2.24) is 14.5 Å². The highest BCUT2D eigenvalue weighted by Gasteiger charge is 2.46. The number of piperidine rings is 1. The summed E-state index contributed by atoms with van der Waals surface area (Å²) in [5.41, 5.74) is 9.31. The summed E-state index contributed by atoms with van der Waals surface area (Å²) in [6, 6.07) is 2.08. The molecule has 0 bridgehead atoms. The van der Waals surface area contributed by atoms with Crippen LogP contribution in [0, 0.1) is 11.3 Å². The molecule has 2 fully saturated rings. The normalized spacial score (nSPS) is 23.7. The lowest BCUT2D eigenvalue weighted by molar-refractivity contribution is 0.185. The van der Waals surface area contributed by atoms with E-state index >= 15 is 0 Å². The lowest BCUT2D eigenvalue weighted by Gasteiger charge is -2.43. The van der Waals surface area contributed by atoms with Crippen LogP contribution in [0.15, 0.2) is 22.1 Å². The zero-order valence-electron chi connectivity index (χ0n) is 19.8. The smallest absolute Gasteiger partial charge is 0.264 e. The molecular weight excluding hydrogens is 438 g/mol. The van der Waals surface area contributed by atoms with E-state index in [2.05, 4.69) is 21.8 Å². The molecule has 1 aliphatic carbocycles. The SMILES string of the molecule is C[C@@H]1CCC2(CCN(c3nc4c(c(=O)n3C)C(c3ccnc(N(C)C)c3Cl)=NC4)CC2)[C@@H]1N. The lowest BCUT2D eigenvalue weighted by atomic mass is 9.73. The van der Waals surface area contributed by atoms with Gasteiger partial charge in [0.2, 0.25) is 5.95 Å². The lowest BCUT2D eigenvalue weighted by Crippen LogP contribution is -2.49. The van der Waals surface area contributed by atoms with Crippen molar-refractivity contribution in [2.45, 2.75) is 45.2 Å². The van der Waals surface area contributed by atoms with Gasteiger partial charge in [0, 0.05) is 52.0 Å². The molecule has 2 aliphatic heterocycles. The first-order valence-electron chi connectivity index (χ1n) is 11.7. The summed E-state index contributed by atoms with van der Waals surface area (Å²) in [7, 11) is 5.57. The van der Waals surface area contributed by atoms with E-state index in [1.807, 2.05) is 25.1 Å². The number of nitrogens with two attached hydrogens (primary N) is 1. The molecule has 0 radical (unpaired) electrons. The molecule has 3 aliphatic rings. The van der Waals surface area contributed by atoms with Crippen molar-refractivity contribution < 1.29 is 0 Å². The van der Waals surface area contributed by atoms with Gasteiger partial charge in [0.1, 0.15) is 5.82 Å². The number of hydrogen-bond acceptors (Lipinski definition) is 7. The van der Waals surface area contributed by atoms with Gasteiger partial charge >= 0.3 is 0 Å². The second kappa shape index (κ2) is 8.09. The van der Waals surface area contributed by atoms with Crippen molar-refractivity contribution in [3.8, 4) is 0 Å². The molecule has 2 N–H and O–H groups in total. The topological polar surface area (TPSA) is 92.6 Å². The fourth-order valence-electron chi connectivity index (χ4n) is 5.85. The molecule has 8 nitrogen and oxygen atoms in total. The van der Waals surface area contributed by atoms with E-state index in [0.717, 1.165) is 31.9 Å². The van der Waals surface area contributed by atoms with Crippen LogP contribution in [0.1, 0.15) is 49.4 Å². The highest BCUT2D eigenvalue weighted by atomic mass is 35.5. The van der Waals surface area contributed by atoms with E-state index in [1.54, 1.807) is 17.8 Å². The number of hydrogen-bond donors (Lipinski definition) is 1. The van der Waals surface area contributed by atoms with Gasteiger partial charge in [0.05, 0.1) is 28.5 Å². The second-order valence-corrected chi connectivity index (χ2v) is 10.4. The van der Waals surface area contributed by atoms with Gasteiger partial charge in [-0.15, -0.1) is 0 Å². The maximum absolute atomic E-state index is 13.5. The number of halogens is 1. The molecule has 2 aromatic rings. The molecule has 4 heterocycles. The van der Waals surface area contributed by atoms with Crippen LogP contribution in [-0.2, 0) is 13.6 Å². The molecule has 33 heavy (non-hydrogen) atoms. The van der Waals surface area contributed by atoms with E-state index in [4.69, 9.17) is 22.3 Å². The quantitative estimate of drug-likeness (QED) is 0.742. The first-order chi connectivity index (χ1) is 15.7. The molecule has 1 saturated heterocycles. The van der Waals surface area contributed by atoms with Crippen molar-refractivity contribution in [3.63, 3.8) is 0 Å². The van der Waals surface area contributed by atoms with Crippen molar-refractivity contribution in [1.29, 1.82) is 0 Å². The summed E-state index contributed by atoms with van der Waals surface area (Å²) in [6.07, 6.45) is 6.21. The number of fused-ring (bicyclic) bond motifs is 1. The molecule has 0 amide bonds. The molecule has 9 heteroatoms. The van der Waals surface area contributed by atoms with Gasteiger partial charge in [0.15, 0.2) is 0 Å².